The molecule has 0 saturated carbocycles. The molecule has 4 rings (SSSR count). The van der Waals surface area contributed by atoms with E-state index >= 15 is 0 Å². The number of nitrogens with one attached hydrogen (secondary N) is 2. The van der Waals surface area contributed by atoms with Gasteiger partial charge in [-0.2, -0.15) is 10.1 Å². The van der Waals surface area contributed by atoms with Gasteiger partial charge in [0.25, 0.3) is 17.4 Å². The first-order valence-corrected chi connectivity index (χ1v) is 8.26. The lowest BCUT2D eigenvalue weighted by atomic mass is 10.1. The van der Waals surface area contributed by atoms with Crippen molar-refractivity contribution in [2.75, 3.05) is 5.32 Å². The van der Waals surface area contributed by atoms with E-state index in [1.165, 1.54) is 29.0 Å². The molecule has 2 N–H and O–H groups in total. The molecule has 0 spiro atoms. The van der Waals surface area contributed by atoms with Crippen LogP contribution in [0.2, 0.25) is 0 Å². The first-order chi connectivity index (χ1) is 12.1. The molecular weight excluding hydrogens is 340 g/mol. The minimum atomic E-state index is -0.494. The molecule has 0 aliphatic carbocycles. The van der Waals surface area contributed by atoms with Gasteiger partial charge in [-0.05, 0) is 13.0 Å². The van der Waals surface area contributed by atoms with E-state index in [1.54, 1.807) is 4.52 Å². The van der Waals surface area contributed by atoms with Crippen molar-refractivity contribution in [2.45, 2.75) is 6.92 Å². The summed E-state index contributed by atoms with van der Waals surface area (Å²) in [7, 11) is 0. The van der Waals surface area contributed by atoms with Crippen LogP contribution in [0.3, 0.4) is 0 Å². The molecule has 0 aliphatic rings. The summed E-state index contributed by atoms with van der Waals surface area (Å²) in [6, 6.07) is 10.7. The SMILES string of the molecule is Cc1ccc(-c2csc3nc(NC(=O)c4ccc(=O)[nH]n4)nn23)cc1. The second kappa shape index (κ2) is 5.95. The number of aromatic amines is 1. The number of anilines is 1. The Morgan fingerprint density at radius 1 is 1.20 bits per heavy atom. The van der Waals surface area contributed by atoms with Crippen LogP contribution in [0.25, 0.3) is 16.2 Å². The van der Waals surface area contributed by atoms with Crippen molar-refractivity contribution in [2.24, 2.45) is 0 Å². The monoisotopic (exact) mass is 352 g/mol. The molecule has 8 nitrogen and oxygen atoms in total. The van der Waals surface area contributed by atoms with E-state index < -0.39 is 5.91 Å². The molecule has 3 aromatic heterocycles. The maximum absolute atomic E-state index is 12.1. The van der Waals surface area contributed by atoms with Crippen LogP contribution in [0.4, 0.5) is 5.95 Å². The molecule has 0 aliphatic heterocycles. The quantitative estimate of drug-likeness (QED) is 0.587. The Hall–Kier alpha value is -3.33. The summed E-state index contributed by atoms with van der Waals surface area (Å²) in [5.74, 6) is -0.315. The van der Waals surface area contributed by atoms with Gasteiger partial charge in [-0.25, -0.2) is 9.61 Å². The van der Waals surface area contributed by atoms with E-state index in [2.05, 4.69) is 25.6 Å². The number of carbonyl (C=O) groups excluding carboxylic acids is 1. The van der Waals surface area contributed by atoms with E-state index in [4.69, 9.17) is 0 Å². The molecular formula is C16H12N6O2S. The maximum atomic E-state index is 12.1. The molecule has 0 atom stereocenters. The predicted octanol–water partition coefficient (Wildman–Crippen LogP) is 2.10. The molecule has 0 saturated heterocycles. The summed E-state index contributed by atoms with van der Waals surface area (Å²) in [5, 5.41) is 14.8. The normalized spacial score (nSPS) is 10.9. The van der Waals surface area contributed by atoms with Gasteiger partial charge in [-0.1, -0.05) is 29.8 Å². The van der Waals surface area contributed by atoms with E-state index in [-0.39, 0.29) is 17.2 Å². The van der Waals surface area contributed by atoms with Crippen molar-refractivity contribution >= 4 is 28.2 Å². The smallest absolute Gasteiger partial charge is 0.278 e. The minimum Gasteiger partial charge on any atom is -0.288 e. The molecule has 124 valence electrons. The molecule has 25 heavy (non-hydrogen) atoms. The first-order valence-electron chi connectivity index (χ1n) is 7.38. The summed E-state index contributed by atoms with van der Waals surface area (Å²) in [6.07, 6.45) is 0. The zero-order chi connectivity index (χ0) is 17.4. The number of rotatable bonds is 3. The number of fused-ring (bicyclic) bond motifs is 1. The topological polar surface area (TPSA) is 105 Å². The lowest BCUT2D eigenvalue weighted by molar-refractivity contribution is 0.102. The Balaban J connectivity index is 1.63. The third kappa shape index (κ3) is 2.92. The Morgan fingerprint density at radius 2 is 2.00 bits per heavy atom. The Morgan fingerprint density at radius 3 is 2.72 bits per heavy atom. The van der Waals surface area contributed by atoms with Gasteiger partial charge in [-0.15, -0.1) is 16.4 Å². The molecule has 1 aromatic carbocycles. The second-order valence-electron chi connectivity index (χ2n) is 5.38. The largest absolute Gasteiger partial charge is 0.288 e. The highest BCUT2D eigenvalue weighted by molar-refractivity contribution is 7.15. The van der Waals surface area contributed by atoms with E-state index in [0.717, 1.165) is 11.3 Å². The van der Waals surface area contributed by atoms with Crippen molar-refractivity contribution in [1.29, 1.82) is 0 Å². The highest BCUT2D eigenvalue weighted by Crippen LogP contribution is 2.26. The number of aryl methyl sites for hydroxylation is 1. The number of hydrogen-bond donors (Lipinski definition) is 2. The number of thiazole rings is 1. The van der Waals surface area contributed by atoms with Crippen molar-refractivity contribution in [3.63, 3.8) is 0 Å². The molecule has 0 fully saturated rings. The fourth-order valence-electron chi connectivity index (χ4n) is 2.29. The van der Waals surface area contributed by atoms with Crippen LogP contribution in [0.5, 0.6) is 0 Å². The van der Waals surface area contributed by atoms with Gasteiger partial charge >= 0.3 is 0 Å². The standard InChI is InChI=1S/C16H12N6O2S/c1-9-2-4-10(5-3-9)12-8-25-16-18-15(21-22(12)16)17-14(24)11-6-7-13(23)20-19-11/h2-8H,1H3,(H,20,23)(H,17,21,24). The summed E-state index contributed by atoms with van der Waals surface area (Å²) in [4.78, 5) is 28.1. The van der Waals surface area contributed by atoms with Crippen LogP contribution in [0.1, 0.15) is 16.1 Å². The van der Waals surface area contributed by atoms with Crippen molar-refractivity contribution < 1.29 is 4.79 Å². The van der Waals surface area contributed by atoms with Crippen LogP contribution in [-0.4, -0.2) is 30.7 Å². The van der Waals surface area contributed by atoms with Gasteiger partial charge in [0.1, 0.15) is 5.69 Å². The number of amides is 1. The fraction of sp³-hybridized carbons (Fsp3) is 0.0625. The number of aromatic nitrogens is 5. The van der Waals surface area contributed by atoms with Gasteiger partial charge in [0.15, 0.2) is 0 Å². The number of nitrogens with zero attached hydrogens (tertiary/aromatic N) is 4. The maximum Gasteiger partial charge on any atom is 0.278 e. The lowest BCUT2D eigenvalue weighted by Gasteiger charge is -2.00. The summed E-state index contributed by atoms with van der Waals surface area (Å²) in [6.45, 7) is 2.03. The second-order valence-corrected chi connectivity index (χ2v) is 6.21. The Labute approximate surface area is 145 Å². The zero-order valence-corrected chi connectivity index (χ0v) is 13.9. The molecule has 4 aromatic rings. The van der Waals surface area contributed by atoms with Crippen LogP contribution in [-0.2, 0) is 0 Å². The van der Waals surface area contributed by atoms with Crippen molar-refractivity contribution in [3.05, 3.63) is 63.4 Å². The summed E-state index contributed by atoms with van der Waals surface area (Å²) < 4.78 is 1.69. The van der Waals surface area contributed by atoms with Gasteiger partial charge < -0.3 is 0 Å². The van der Waals surface area contributed by atoms with Crippen LogP contribution >= 0.6 is 11.3 Å². The molecule has 0 unspecified atom stereocenters. The first kappa shape index (κ1) is 15.2. The third-order valence-electron chi connectivity index (χ3n) is 3.57. The van der Waals surface area contributed by atoms with Crippen molar-refractivity contribution in [3.8, 4) is 11.3 Å². The van der Waals surface area contributed by atoms with Crippen LogP contribution in [0, 0.1) is 6.92 Å². The highest BCUT2D eigenvalue weighted by Gasteiger charge is 2.15. The molecule has 1 amide bonds. The highest BCUT2D eigenvalue weighted by atomic mass is 32.1. The Kier molecular flexibility index (Phi) is 3.62. The van der Waals surface area contributed by atoms with E-state index in [0.29, 0.717) is 4.96 Å². The van der Waals surface area contributed by atoms with Crippen LogP contribution in [0.15, 0.2) is 46.6 Å². The summed E-state index contributed by atoms with van der Waals surface area (Å²) in [5.41, 5.74) is 2.80. The number of carbonyl (C=O) groups is 1. The minimum absolute atomic E-state index is 0.0801. The van der Waals surface area contributed by atoms with E-state index in [1.807, 2.05) is 36.6 Å². The number of hydrogen-bond acceptors (Lipinski definition) is 6. The predicted molar refractivity (Wildman–Crippen MR) is 93.8 cm³/mol. The Bertz CT molecular complexity index is 1110. The number of benzene rings is 1. The fourth-order valence-corrected chi connectivity index (χ4v) is 3.12. The molecule has 9 heteroatoms. The average molecular weight is 352 g/mol. The average Bonchev–Trinajstić information content (AvgIpc) is 3.16. The van der Waals surface area contributed by atoms with Gasteiger partial charge in [-0.3, -0.25) is 14.9 Å². The summed E-state index contributed by atoms with van der Waals surface area (Å²) >= 11 is 1.43. The molecule has 3 heterocycles. The zero-order valence-electron chi connectivity index (χ0n) is 13.1. The van der Waals surface area contributed by atoms with Crippen molar-refractivity contribution in [1.82, 2.24) is 24.8 Å². The van der Waals surface area contributed by atoms with Crippen LogP contribution < -0.4 is 10.9 Å². The van der Waals surface area contributed by atoms with Gasteiger partial charge in [0.2, 0.25) is 4.96 Å². The van der Waals surface area contributed by atoms with Gasteiger partial charge in [0.05, 0.1) is 5.69 Å². The third-order valence-corrected chi connectivity index (χ3v) is 4.38. The number of H-pyrrole nitrogens is 1. The molecule has 0 radical (unpaired) electrons. The van der Waals surface area contributed by atoms with E-state index in [9.17, 15) is 9.59 Å². The lowest BCUT2D eigenvalue weighted by Crippen LogP contribution is -2.18. The van der Waals surface area contributed by atoms with Gasteiger partial charge in [0, 0.05) is 17.0 Å². The molecule has 0 bridgehead atoms.